The van der Waals surface area contributed by atoms with Gasteiger partial charge >= 0.3 is 0 Å². The van der Waals surface area contributed by atoms with E-state index in [1.54, 1.807) is 31.3 Å². The number of benzene rings is 1. The van der Waals surface area contributed by atoms with Crippen molar-refractivity contribution < 1.29 is 9.32 Å². The van der Waals surface area contributed by atoms with Crippen molar-refractivity contribution >= 4 is 23.3 Å². The minimum atomic E-state index is -0.278. The van der Waals surface area contributed by atoms with E-state index in [0.29, 0.717) is 35.5 Å². The fourth-order valence-electron chi connectivity index (χ4n) is 2.05. The number of halogens is 1. The van der Waals surface area contributed by atoms with E-state index in [1.807, 2.05) is 12.1 Å². The molecule has 0 saturated heterocycles. The molecule has 0 unspecified atom stereocenters. The first kappa shape index (κ1) is 16.8. The number of nitrogens with one attached hydrogen (secondary N) is 2. The molecule has 0 fully saturated rings. The number of hydrogen-bond acceptors (Lipinski definition) is 7. The van der Waals surface area contributed by atoms with Crippen LogP contribution in [0.15, 0.2) is 40.9 Å². The summed E-state index contributed by atoms with van der Waals surface area (Å²) in [5.41, 5.74) is 1.10. The zero-order chi connectivity index (χ0) is 17.6. The highest BCUT2D eigenvalue weighted by atomic mass is 35.5. The van der Waals surface area contributed by atoms with Gasteiger partial charge < -0.3 is 15.2 Å². The largest absolute Gasteiger partial charge is 0.368 e. The number of anilines is 1. The van der Waals surface area contributed by atoms with Crippen LogP contribution in [0.4, 0.5) is 5.82 Å². The van der Waals surface area contributed by atoms with E-state index in [-0.39, 0.29) is 11.6 Å². The SMILES string of the molecule is CNC(=O)c1ccc(NCCc2nc(-c3ccc(Cl)cc3)no2)nn1. The fraction of sp³-hybridized carbons (Fsp3) is 0.188. The van der Waals surface area contributed by atoms with Crippen molar-refractivity contribution in [1.82, 2.24) is 25.7 Å². The lowest BCUT2D eigenvalue weighted by molar-refractivity contribution is 0.0957. The quantitative estimate of drug-likeness (QED) is 0.695. The predicted molar refractivity (Wildman–Crippen MR) is 92.4 cm³/mol. The van der Waals surface area contributed by atoms with Gasteiger partial charge in [-0.25, -0.2) is 0 Å². The maximum Gasteiger partial charge on any atom is 0.271 e. The van der Waals surface area contributed by atoms with Gasteiger partial charge in [-0.15, -0.1) is 10.2 Å². The molecule has 0 aliphatic heterocycles. The molecular formula is C16H15ClN6O2. The van der Waals surface area contributed by atoms with Crippen LogP contribution in [0.3, 0.4) is 0 Å². The third-order valence-electron chi connectivity index (χ3n) is 3.34. The summed E-state index contributed by atoms with van der Waals surface area (Å²) in [5.74, 6) is 1.30. The Labute approximate surface area is 148 Å². The standard InChI is InChI=1S/C16H15ClN6O2/c1-18-16(24)12-6-7-13(22-21-12)19-9-8-14-20-15(23-25-14)10-2-4-11(17)5-3-10/h2-7H,8-9H2,1H3,(H,18,24)(H,19,22). The van der Waals surface area contributed by atoms with Gasteiger partial charge in [0.25, 0.3) is 5.91 Å². The average Bonchev–Trinajstić information content (AvgIpc) is 3.11. The van der Waals surface area contributed by atoms with Crippen LogP contribution in [0.2, 0.25) is 5.02 Å². The van der Waals surface area contributed by atoms with Gasteiger partial charge in [-0.05, 0) is 36.4 Å². The van der Waals surface area contributed by atoms with E-state index in [1.165, 1.54) is 0 Å². The summed E-state index contributed by atoms with van der Waals surface area (Å²) >= 11 is 5.86. The highest BCUT2D eigenvalue weighted by Crippen LogP contribution is 2.18. The Kier molecular flexibility index (Phi) is 5.20. The van der Waals surface area contributed by atoms with Crippen molar-refractivity contribution in [3.63, 3.8) is 0 Å². The Morgan fingerprint density at radius 2 is 1.96 bits per heavy atom. The van der Waals surface area contributed by atoms with Gasteiger partial charge in [-0.1, -0.05) is 16.8 Å². The number of hydrogen-bond donors (Lipinski definition) is 2. The lowest BCUT2D eigenvalue weighted by Crippen LogP contribution is -2.20. The summed E-state index contributed by atoms with van der Waals surface area (Å²) in [4.78, 5) is 15.7. The number of carbonyl (C=O) groups is 1. The number of aromatic nitrogens is 4. The van der Waals surface area contributed by atoms with Crippen LogP contribution < -0.4 is 10.6 Å². The molecule has 3 aromatic rings. The molecule has 128 valence electrons. The smallest absolute Gasteiger partial charge is 0.271 e. The minimum absolute atomic E-state index is 0.262. The van der Waals surface area contributed by atoms with Gasteiger partial charge in [0.05, 0.1) is 0 Å². The molecule has 0 atom stereocenters. The molecule has 0 radical (unpaired) electrons. The molecule has 3 rings (SSSR count). The maximum atomic E-state index is 11.4. The summed E-state index contributed by atoms with van der Waals surface area (Å²) in [6.45, 7) is 0.538. The third kappa shape index (κ3) is 4.30. The molecule has 0 bridgehead atoms. The summed E-state index contributed by atoms with van der Waals surface area (Å²) in [6.07, 6.45) is 0.527. The van der Waals surface area contributed by atoms with Crippen molar-refractivity contribution in [2.45, 2.75) is 6.42 Å². The predicted octanol–water partition coefficient (Wildman–Crippen LogP) is 2.19. The average molecular weight is 359 g/mol. The molecule has 2 aromatic heterocycles. The van der Waals surface area contributed by atoms with Crippen LogP contribution in [0, 0.1) is 0 Å². The summed E-state index contributed by atoms with van der Waals surface area (Å²) in [5, 5.41) is 18.0. The minimum Gasteiger partial charge on any atom is -0.368 e. The zero-order valence-corrected chi connectivity index (χ0v) is 14.1. The second-order valence-electron chi connectivity index (χ2n) is 5.08. The van der Waals surface area contributed by atoms with E-state index < -0.39 is 0 Å². The number of nitrogens with zero attached hydrogens (tertiary/aromatic N) is 4. The molecule has 0 spiro atoms. The van der Waals surface area contributed by atoms with Crippen LogP contribution in [0.1, 0.15) is 16.4 Å². The summed E-state index contributed by atoms with van der Waals surface area (Å²) < 4.78 is 5.23. The Hall–Kier alpha value is -3.00. The van der Waals surface area contributed by atoms with E-state index in [4.69, 9.17) is 16.1 Å². The Balaban J connectivity index is 1.54. The lowest BCUT2D eigenvalue weighted by Gasteiger charge is -2.03. The van der Waals surface area contributed by atoms with Gasteiger partial charge in [-0.2, -0.15) is 4.98 Å². The Morgan fingerprint density at radius 1 is 1.16 bits per heavy atom. The van der Waals surface area contributed by atoms with Gasteiger partial charge in [0.2, 0.25) is 11.7 Å². The Bertz CT molecular complexity index is 848. The summed E-state index contributed by atoms with van der Waals surface area (Å²) in [6, 6.07) is 10.5. The van der Waals surface area contributed by atoms with Gasteiger partial charge in [0.1, 0.15) is 5.82 Å². The molecular weight excluding hydrogens is 344 g/mol. The van der Waals surface area contributed by atoms with E-state index >= 15 is 0 Å². The first-order chi connectivity index (χ1) is 12.2. The molecule has 25 heavy (non-hydrogen) atoms. The Morgan fingerprint density at radius 3 is 2.64 bits per heavy atom. The van der Waals surface area contributed by atoms with Gasteiger partial charge in [0, 0.05) is 30.6 Å². The topological polar surface area (TPSA) is 106 Å². The normalized spacial score (nSPS) is 10.5. The van der Waals surface area contributed by atoms with Crippen molar-refractivity contribution in [1.29, 1.82) is 0 Å². The molecule has 0 saturated carbocycles. The van der Waals surface area contributed by atoms with Crippen molar-refractivity contribution in [2.75, 3.05) is 18.9 Å². The van der Waals surface area contributed by atoms with Crippen LogP contribution in [0.5, 0.6) is 0 Å². The molecule has 0 aliphatic rings. The van der Waals surface area contributed by atoms with Gasteiger partial charge in [-0.3, -0.25) is 4.79 Å². The number of carbonyl (C=O) groups excluding carboxylic acids is 1. The van der Waals surface area contributed by atoms with Crippen LogP contribution >= 0.6 is 11.6 Å². The number of rotatable bonds is 6. The van der Waals surface area contributed by atoms with Crippen molar-refractivity contribution in [3.8, 4) is 11.4 Å². The molecule has 2 N–H and O–H groups in total. The molecule has 9 heteroatoms. The fourth-order valence-corrected chi connectivity index (χ4v) is 2.17. The van der Waals surface area contributed by atoms with E-state index in [0.717, 1.165) is 5.56 Å². The second kappa shape index (κ2) is 7.71. The maximum absolute atomic E-state index is 11.4. The second-order valence-corrected chi connectivity index (χ2v) is 5.51. The molecule has 8 nitrogen and oxygen atoms in total. The molecule has 1 amide bonds. The molecule has 0 aliphatic carbocycles. The van der Waals surface area contributed by atoms with Crippen molar-refractivity contribution in [2.24, 2.45) is 0 Å². The molecule has 2 heterocycles. The first-order valence-corrected chi connectivity index (χ1v) is 7.91. The first-order valence-electron chi connectivity index (χ1n) is 7.54. The van der Waals surface area contributed by atoms with Gasteiger partial charge in [0.15, 0.2) is 5.69 Å². The monoisotopic (exact) mass is 358 g/mol. The number of amides is 1. The third-order valence-corrected chi connectivity index (χ3v) is 3.59. The van der Waals surface area contributed by atoms with Crippen LogP contribution in [0.25, 0.3) is 11.4 Å². The molecule has 1 aromatic carbocycles. The van der Waals surface area contributed by atoms with Crippen molar-refractivity contribution in [3.05, 3.63) is 53.0 Å². The lowest BCUT2D eigenvalue weighted by atomic mass is 10.2. The van der Waals surface area contributed by atoms with Crippen LogP contribution in [-0.2, 0) is 6.42 Å². The highest BCUT2D eigenvalue weighted by molar-refractivity contribution is 6.30. The van der Waals surface area contributed by atoms with Crippen LogP contribution in [-0.4, -0.2) is 39.8 Å². The zero-order valence-electron chi connectivity index (χ0n) is 13.4. The van der Waals surface area contributed by atoms with E-state index in [2.05, 4.69) is 31.0 Å². The highest BCUT2D eigenvalue weighted by Gasteiger charge is 2.09. The summed E-state index contributed by atoms with van der Waals surface area (Å²) in [7, 11) is 1.54. The van der Waals surface area contributed by atoms with E-state index in [9.17, 15) is 4.79 Å².